The molecule has 1 fully saturated rings. The van der Waals surface area contributed by atoms with E-state index < -0.39 is 5.95 Å². The van der Waals surface area contributed by atoms with E-state index in [9.17, 15) is 9.18 Å². The number of aryl methyl sites for hydroxylation is 1. The summed E-state index contributed by atoms with van der Waals surface area (Å²) in [6.07, 6.45) is 5.86. The molecule has 0 aliphatic carbocycles. The fourth-order valence-electron chi connectivity index (χ4n) is 3.03. The fraction of sp³-hybridized carbons (Fsp3) is 0.500. The van der Waals surface area contributed by atoms with Crippen molar-refractivity contribution in [2.45, 2.75) is 19.8 Å². The van der Waals surface area contributed by atoms with Crippen molar-refractivity contribution in [3.8, 4) is 0 Å². The van der Waals surface area contributed by atoms with Gasteiger partial charge in [-0.05, 0) is 49.3 Å². The highest BCUT2D eigenvalue weighted by atomic mass is 32.2. The largest absolute Gasteiger partial charge is 0.337 e. The predicted molar refractivity (Wildman–Crippen MR) is 86.9 cm³/mol. The second-order valence-electron chi connectivity index (χ2n) is 5.90. The van der Waals surface area contributed by atoms with Crippen LogP contribution in [-0.2, 0) is 0 Å². The number of carbonyl (C=O) groups is 1. The van der Waals surface area contributed by atoms with Gasteiger partial charge in [-0.15, -0.1) is 0 Å². The number of thioether (sulfide) groups is 1. The average molecular weight is 321 g/mol. The Hall–Kier alpha value is -1.56. The van der Waals surface area contributed by atoms with E-state index in [1.807, 2.05) is 13.0 Å². The Kier molecular flexibility index (Phi) is 4.38. The first-order valence-electron chi connectivity index (χ1n) is 7.52. The number of pyridine rings is 1. The van der Waals surface area contributed by atoms with Crippen molar-refractivity contribution < 1.29 is 9.18 Å². The molecular formula is C16H20FN3OS. The molecule has 118 valence electrons. The SMILES string of the molecule is CSCC1CCCN(C(=O)c2nc3ccc(C)cn3c2F)C1. The van der Waals surface area contributed by atoms with Crippen molar-refractivity contribution in [3.63, 3.8) is 0 Å². The van der Waals surface area contributed by atoms with Crippen LogP contribution in [-0.4, -0.2) is 45.3 Å². The Bertz CT molecular complexity index is 698. The lowest BCUT2D eigenvalue weighted by atomic mass is 10.00. The fourth-order valence-corrected chi connectivity index (χ4v) is 3.77. The lowest BCUT2D eigenvalue weighted by Gasteiger charge is -2.32. The predicted octanol–water partition coefficient (Wildman–Crippen LogP) is 3.00. The smallest absolute Gasteiger partial charge is 0.277 e. The van der Waals surface area contributed by atoms with Crippen LogP contribution >= 0.6 is 11.8 Å². The molecule has 0 bridgehead atoms. The first-order valence-corrected chi connectivity index (χ1v) is 8.92. The molecule has 22 heavy (non-hydrogen) atoms. The number of hydrogen-bond acceptors (Lipinski definition) is 3. The number of carbonyl (C=O) groups excluding carboxylic acids is 1. The highest BCUT2D eigenvalue weighted by Gasteiger charge is 2.28. The van der Waals surface area contributed by atoms with Gasteiger partial charge in [-0.1, -0.05) is 6.07 Å². The Labute approximate surface area is 133 Å². The Morgan fingerprint density at radius 3 is 3.09 bits per heavy atom. The maximum absolute atomic E-state index is 14.5. The molecule has 2 aromatic heterocycles. The lowest BCUT2D eigenvalue weighted by Crippen LogP contribution is -2.41. The Morgan fingerprint density at radius 1 is 1.50 bits per heavy atom. The van der Waals surface area contributed by atoms with E-state index in [2.05, 4.69) is 11.2 Å². The maximum atomic E-state index is 14.5. The minimum atomic E-state index is -0.560. The van der Waals surface area contributed by atoms with E-state index in [0.717, 1.165) is 24.2 Å². The van der Waals surface area contributed by atoms with Crippen LogP contribution < -0.4 is 0 Å². The first-order chi connectivity index (χ1) is 10.6. The van der Waals surface area contributed by atoms with Gasteiger partial charge in [0, 0.05) is 19.3 Å². The number of nitrogens with zero attached hydrogens (tertiary/aromatic N) is 3. The third-order valence-corrected chi connectivity index (χ3v) is 4.92. The number of imidazole rings is 1. The number of amides is 1. The van der Waals surface area contributed by atoms with Gasteiger partial charge in [0.2, 0.25) is 5.95 Å². The third kappa shape index (κ3) is 2.84. The van der Waals surface area contributed by atoms with E-state index in [1.165, 1.54) is 4.40 Å². The van der Waals surface area contributed by atoms with Crippen LogP contribution in [0.1, 0.15) is 28.9 Å². The van der Waals surface area contributed by atoms with Crippen LogP contribution in [0, 0.1) is 18.8 Å². The monoisotopic (exact) mass is 321 g/mol. The average Bonchev–Trinajstić information content (AvgIpc) is 2.84. The molecular weight excluding hydrogens is 301 g/mol. The van der Waals surface area contributed by atoms with E-state index in [4.69, 9.17) is 0 Å². The van der Waals surface area contributed by atoms with Crippen molar-refractivity contribution in [3.05, 3.63) is 35.5 Å². The number of halogens is 1. The summed E-state index contributed by atoms with van der Waals surface area (Å²) < 4.78 is 15.9. The zero-order valence-electron chi connectivity index (χ0n) is 12.9. The molecule has 1 saturated heterocycles. The van der Waals surface area contributed by atoms with Crippen LogP contribution in [0.5, 0.6) is 0 Å². The van der Waals surface area contributed by atoms with Crippen LogP contribution in [0.3, 0.4) is 0 Å². The molecule has 4 nitrogen and oxygen atoms in total. The number of hydrogen-bond donors (Lipinski definition) is 0. The molecule has 0 N–H and O–H groups in total. The van der Waals surface area contributed by atoms with Crippen LogP contribution in [0.25, 0.3) is 5.65 Å². The van der Waals surface area contributed by atoms with Crippen molar-refractivity contribution in [2.75, 3.05) is 25.1 Å². The molecule has 1 atom stereocenters. The Morgan fingerprint density at radius 2 is 2.32 bits per heavy atom. The lowest BCUT2D eigenvalue weighted by molar-refractivity contribution is 0.0674. The molecule has 0 radical (unpaired) electrons. The first kappa shape index (κ1) is 15.3. The van der Waals surface area contributed by atoms with Gasteiger partial charge in [-0.3, -0.25) is 9.20 Å². The van der Waals surface area contributed by atoms with Gasteiger partial charge in [-0.2, -0.15) is 16.2 Å². The van der Waals surface area contributed by atoms with E-state index in [0.29, 0.717) is 24.7 Å². The summed E-state index contributed by atoms with van der Waals surface area (Å²) >= 11 is 1.79. The minimum absolute atomic E-state index is 0.0598. The molecule has 0 saturated carbocycles. The highest BCUT2D eigenvalue weighted by molar-refractivity contribution is 7.98. The van der Waals surface area contributed by atoms with E-state index in [-0.39, 0.29) is 11.6 Å². The van der Waals surface area contributed by atoms with Gasteiger partial charge in [-0.25, -0.2) is 4.98 Å². The molecule has 1 unspecified atom stereocenters. The number of likely N-dealkylation sites (tertiary alicyclic amines) is 1. The maximum Gasteiger partial charge on any atom is 0.277 e. The van der Waals surface area contributed by atoms with Crippen molar-refractivity contribution in [2.24, 2.45) is 5.92 Å². The van der Waals surface area contributed by atoms with Gasteiger partial charge < -0.3 is 4.90 Å². The van der Waals surface area contributed by atoms with Crippen LogP contribution in [0.15, 0.2) is 18.3 Å². The molecule has 2 aromatic rings. The molecule has 0 spiro atoms. The molecule has 0 aromatic carbocycles. The highest BCUT2D eigenvalue weighted by Crippen LogP contribution is 2.22. The summed E-state index contributed by atoms with van der Waals surface area (Å²) in [7, 11) is 0. The number of fused-ring (bicyclic) bond motifs is 1. The number of aromatic nitrogens is 2. The zero-order chi connectivity index (χ0) is 15.7. The molecule has 1 aliphatic rings. The van der Waals surface area contributed by atoms with Gasteiger partial charge in [0.1, 0.15) is 5.65 Å². The third-order valence-electron chi connectivity index (χ3n) is 4.12. The summed E-state index contributed by atoms with van der Waals surface area (Å²) in [4.78, 5) is 18.6. The second-order valence-corrected chi connectivity index (χ2v) is 6.81. The second kappa shape index (κ2) is 6.28. The van der Waals surface area contributed by atoms with Crippen LogP contribution in [0.2, 0.25) is 0 Å². The van der Waals surface area contributed by atoms with Gasteiger partial charge in [0.05, 0.1) is 0 Å². The zero-order valence-corrected chi connectivity index (χ0v) is 13.7. The molecule has 6 heteroatoms. The normalized spacial score (nSPS) is 18.9. The Balaban J connectivity index is 1.87. The summed E-state index contributed by atoms with van der Waals surface area (Å²) in [5.74, 6) is 0.687. The summed E-state index contributed by atoms with van der Waals surface area (Å²) in [5, 5.41) is 0. The molecule has 1 aliphatic heterocycles. The summed E-state index contributed by atoms with van der Waals surface area (Å²) in [6, 6.07) is 3.60. The van der Waals surface area contributed by atoms with Crippen molar-refractivity contribution in [1.82, 2.24) is 14.3 Å². The number of rotatable bonds is 3. The topological polar surface area (TPSA) is 37.6 Å². The van der Waals surface area contributed by atoms with E-state index in [1.54, 1.807) is 28.9 Å². The van der Waals surface area contributed by atoms with Gasteiger partial charge in [0.15, 0.2) is 5.69 Å². The van der Waals surface area contributed by atoms with E-state index >= 15 is 0 Å². The molecule has 1 amide bonds. The standard InChI is InChI=1S/C16H20FN3OS/c1-11-5-6-13-18-14(15(17)20(13)8-11)16(21)19-7-3-4-12(9-19)10-22-2/h5-6,8,12H,3-4,7,9-10H2,1-2H3. The molecule has 3 heterocycles. The van der Waals surface area contributed by atoms with Crippen molar-refractivity contribution >= 4 is 23.3 Å². The summed E-state index contributed by atoms with van der Waals surface area (Å²) in [6.45, 7) is 3.28. The van der Waals surface area contributed by atoms with Crippen molar-refractivity contribution in [1.29, 1.82) is 0 Å². The van der Waals surface area contributed by atoms with Crippen LogP contribution in [0.4, 0.5) is 4.39 Å². The quantitative estimate of drug-likeness (QED) is 0.872. The summed E-state index contributed by atoms with van der Waals surface area (Å²) in [5.41, 5.74) is 1.35. The molecule has 3 rings (SSSR count). The number of piperidine rings is 1. The van der Waals surface area contributed by atoms with Gasteiger partial charge in [0.25, 0.3) is 5.91 Å². The van der Waals surface area contributed by atoms with Gasteiger partial charge >= 0.3 is 0 Å². The minimum Gasteiger partial charge on any atom is -0.337 e.